The van der Waals surface area contributed by atoms with Gasteiger partial charge in [-0.3, -0.25) is 0 Å². The number of hydrogen-bond donors (Lipinski definition) is 1. The van der Waals surface area contributed by atoms with Crippen molar-refractivity contribution in [3.8, 4) is 0 Å². The summed E-state index contributed by atoms with van der Waals surface area (Å²) < 4.78 is 6.21. The first kappa shape index (κ1) is 12.2. The molecular formula is C16H23NO. The zero-order valence-electron chi connectivity index (χ0n) is 11.0. The van der Waals surface area contributed by atoms with Crippen molar-refractivity contribution in [2.24, 2.45) is 0 Å². The largest absolute Gasteiger partial charge is 0.370 e. The molecule has 18 heavy (non-hydrogen) atoms. The Morgan fingerprint density at radius 3 is 2.56 bits per heavy atom. The number of ether oxygens (including phenoxy) is 1. The minimum Gasteiger partial charge on any atom is -0.370 e. The molecule has 1 aromatic rings. The highest BCUT2D eigenvalue weighted by Gasteiger charge is 2.37. The van der Waals surface area contributed by atoms with Crippen LogP contribution in [0.4, 0.5) is 0 Å². The van der Waals surface area contributed by atoms with E-state index >= 15 is 0 Å². The highest BCUT2D eigenvalue weighted by molar-refractivity contribution is 5.13. The molecule has 0 aromatic heterocycles. The van der Waals surface area contributed by atoms with Gasteiger partial charge >= 0.3 is 0 Å². The van der Waals surface area contributed by atoms with Gasteiger partial charge in [0.2, 0.25) is 0 Å². The summed E-state index contributed by atoms with van der Waals surface area (Å²) in [5.74, 6) is 0. The first-order valence-electron chi connectivity index (χ1n) is 7.28. The second-order valence-corrected chi connectivity index (χ2v) is 5.79. The van der Waals surface area contributed by atoms with Crippen LogP contribution in [0.1, 0.15) is 44.1 Å². The lowest BCUT2D eigenvalue weighted by atomic mass is 9.77. The maximum atomic E-state index is 6.21. The standard InChI is InChI=1S/C16H23NO/c1-2-5-14(6-3-1)13-18-16(9-4-10-16)11-12-17-15-7-8-15/h1-3,5-6,15,17H,4,7-13H2. The number of rotatable bonds is 7. The Hall–Kier alpha value is -0.860. The van der Waals surface area contributed by atoms with Crippen LogP contribution in [0.3, 0.4) is 0 Å². The molecule has 0 saturated heterocycles. The average molecular weight is 245 g/mol. The Morgan fingerprint density at radius 1 is 1.17 bits per heavy atom. The lowest BCUT2D eigenvalue weighted by Gasteiger charge is -2.42. The molecule has 0 amide bonds. The monoisotopic (exact) mass is 245 g/mol. The first-order valence-corrected chi connectivity index (χ1v) is 7.28. The molecule has 0 radical (unpaired) electrons. The van der Waals surface area contributed by atoms with Crippen LogP contribution >= 0.6 is 0 Å². The van der Waals surface area contributed by atoms with Crippen molar-refractivity contribution in [1.82, 2.24) is 5.32 Å². The summed E-state index contributed by atoms with van der Waals surface area (Å²) in [6, 6.07) is 11.3. The molecule has 2 heteroatoms. The van der Waals surface area contributed by atoms with Gasteiger partial charge in [-0.2, -0.15) is 0 Å². The molecule has 0 atom stereocenters. The summed E-state index contributed by atoms with van der Waals surface area (Å²) >= 11 is 0. The molecule has 1 N–H and O–H groups in total. The smallest absolute Gasteiger partial charge is 0.0724 e. The first-order chi connectivity index (χ1) is 8.86. The van der Waals surface area contributed by atoms with Crippen LogP contribution < -0.4 is 5.32 Å². The molecule has 0 aliphatic heterocycles. The van der Waals surface area contributed by atoms with E-state index in [-0.39, 0.29) is 5.60 Å². The molecule has 2 aliphatic carbocycles. The van der Waals surface area contributed by atoms with Gasteiger partial charge in [-0.25, -0.2) is 0 Å². The van der Waals surface area contributed by atoms with E-state index < -0.39 is 0 Å². The third-order valence-electron chi connectivity index (χ3n) is 4.24. The van der Waals surface area contributed by atoms with Gasteiger partial charge in [-0.1, -0.05) is 30.3 Å². The van der Waals surface area contributed by atoms with Crippen LogP contribution in [0.2, 0.25) is 0 Å². The molecule has 0 unspecified atom stereocenters. The maximum absolute atomic E-state index is 6.21. The molecule has 0 bridgehead atoms. The van der Waals surface area contributed by atoms with E-state index in [2.05, 4.69) is 35.6 Å². The summed E-state index contributed by atoms with van der Waals surface area (Å²) in [4.78, 5) is 0. The van der Waals surface area contributed by atoms with Crippen LogP contribution in [0.15, 0.2) is 30.3 Å². The molecule has 1 aromatic carbocycles. The van der Waals surface area contributed by atoms with Crippen molar-refractivity contribution in [3.05, 3.63) is 35.9 Å². The van der Waals surface area contributed by atoms with Gasteiger partial charge in [0.25, 0.3) is 0 Å². The zero-order chi connectivity index (χ0) is 12.3. The molecule has 0 heterocycles. The Bertz CT molecular complexity index is 368. The van der Waals surface area contributed by atoms with Crippen molar-refractivity contribution in [2.45, 2.75) is 56.8 Å². The molecule has 2 nitrogen and oxygen atoms in total. The van der Waals surface area contributed by atoms with Crippen LogP contribution in [0.5, 0.6) is 0 Å². The van der Waals surface area contributed by atoms with E-state index in [4.69, 9.17) is 4.74 Å². The molecule has 2 aliphatic rings. The van der Waals surface area contributed by atoms with Crippen molar-refractivity contribution >= 4 is 0 Å². The average Bonchev–Trinajstić information content (AvgIpc) is 3.17. The Labute approximate surface area is 110 Å². The van der Waals surface area contributed by atoms with Crippen LogP contribution in [0, 0.1) is 0 Å². The summed E-state index contributed by atoms with van der Waals surface area (Å²) in [5.41, 5.74) is 1.47. The normalized spacial score (nSPS) is 21.6. The predicted octanol–water partition coefficient (Wildman–Crippen LogP) is 3.27. The Morgan fingerprint density at radius 2 is 1.94 bits per heavy atom. The number of benzene rings is 1. The highest BCUT2D eigenvalue weighted by atomic mass is 16.5. The lowest BCUT2D eigenvalue weighted by molar-refractivity contribution is -0.114. The Kier molecular flexibility index (Phi) is 3.67. The van der Waals surface area contributed by atoms with E-state index in [1.54, 1.807) is 0 Å². The Balaban J connectivity index is 1.45. The van der Waals surface area contributed by atoms with E-state index in [1.807, 2.05) is 0 Å². The van der Waals surface area contributed by atoms with Crippen molar-refractivity contribution in [3.63, 3.8) is 0 Å². The van der Waals surface area contributed by atoms with Gasteiger partial charge in [0.15, 0.2) is 0 Å². The van der Waals surface area contributed by atoms with Crippen molar-refractivity contribution in [1.29, 1.82) is 0 Å². The second-order valence-electron chi connectivity index (χ2n) is 5.79. The fourth-order valence-corrected chi connectivity index (χ4v) is 2.64. The molecule has 2 saturated carbocycles. The number of hydrogen-bond acceptors (Lipinski definition) is 2. The summed E-state index contributed by atoms with van der Waals surface area (Å²) in [6.07, 6.45) is 7.74. The van der Waals surface area contributed by atoms with Crippen LogP contribution in [-0.4, -0.2) is 18.2 Å². The van der Waals surface area contributed by atoms with E-state index in [0.29, 0.717) is 0 Å². The lowest BCUT2D eigenvalue weighted by Crippen LogP contribution is -2.42. The van der Waals surface area contributed by atoms with E-state index in [0.717, 1.165) is 19.2 Å². The van der Waals surface area contributed by atoms with Gasteiger partial charge in [-0.05, 0) is 50.6 Å². The van der Waals surface area contributed by atoms with Gasteiger partial charge in [0, 0.05) is 6.04 Å². The minimum absolute atomic E-state index is 0.178. The minimum atomic E-state index is 0.178. The van der Waals surface area contributed by atoms with E-state index in [9.17, 15) is 0 Å². The molecule has 2 fully saturated rings. The summed E-state index contributed by atoms with van der Waals surface area (Å²) in [5, 5.41) is 3.60. The fraction of sp³-hybridized carbons (Fsp3) is 0.625. The fourth-order valence-electron chi connectivity index (χ4n) is 2.64. The highest BCUT2D eigenvalue weighted by Crippen LogP contribution is 2.39. The third-order valence-corrected chi connectivity index (χ3v) is 4.24. The topological polar surface area (TPSA) is 21.3 Å². The van der Waals surface area contributed by atoms with Gasteiger partial charge in [-0.15, -0.1) is 0 Å². The number of nitrogens with one attached hydrogen (secondary N) is 1. The molecule has 3 rings (SSSR count). The molecular weight excluding hydrogens is 222 g/mol. The van der Waals surface area contributed by atoms with E-state index in [1.165, 1.54) is 44.1 Å². The summed E-state index contributed by atoms with van der Waals surface area (Å²) in [6.45, 7) is 1.89. The van der Waals surface area contributed by atoms with Crippen LogP contribution in [-0.2, 0) is 11.3 Å². The molecule has 0 spiro atoms. The van der Waals surface area contributed by atoms with Gasteiger partial charge in [0.05, 0.1) is 12.2 Å². The predicted molar refractivity (Wildman–Crippen MR) is 73.5 cm³/mol. The van der Waals surface area contributed by atoms with Crippen molar-refractivity contribution in [2.75, 3.05) is 6.54 Å². The van der Waals surface area contributed by atoms with Crippen molar-refractivity contribution < 1.29 is 4.74 Å². The zero-order valence-corrected chi connectivity index (χ0v) is 11.0. The SMILES string of the molecule is c1ccc(COC2(CCNC3CC3)CCC2)cc1. The maximum Gasteiger partial charge on any atom is 0.0724 e. The quantitative estimate of drug-likeness (QED) is 0.796. The molecule has 98 valence electrons. The second kappa shape index (κ2) is 5.41. The summed E-state index contributed by atoms with van der Waals surface area (Å²) in [7, 11) is 0. The third kappa shape index (κ3) is 3.12. The van der Waals surface area contributed by atoms with Gasteiger partial charge < -0.3 is 10.1 Å². The van der Waals surface area contributed by atoms with Gasteiger partial charge in [0.1, 0.15) is 0 Å². The van der Waals surface area contributed by atoms with Crippen LogP contribution in [0.25, 0.3) is 0 Å².